The number of fused-ring (bicyclic) bond motifs is 1. The van der Waals surface area contributed by atoms with Gasteiger partial charge < -0.3 is 9.47 Å². The third-order valence-electron chi connectivity index (χ3n) is 2.39. The first-order valence-electron chi connectivity index (χ1n) is 4.88. The van der Waals surface area contributed by atoms with Crippen LogP contribution < -0.4 is 4.74 Å². The van der Waals surface area contributed by atoms with Gasteiger partial charge in [-0.15, -0.1) is 0 Å². The molecular formula is C12H10ClNO3. The number of hydrogen-bond acceptors (Lipinski definition) is 4. The van der Waals surface area contributed by atoms with Gasteiger partial charge >= 0.3 is 5.97 Å². The molecule has 0 amide bonds. The fourth-order valence-electron chi connectivity index (χ4n) is 1.58. The van der Waals surface area contributed by atoms with Gasteiger partial charge in [-0.1, -0.05) is 11.6 Å². The van der Waals surface area contributed by atoms with Crippen LogP contribution in [0.1, 0.15) is 10.4 Å². The summed E-state index contributed by atoms with van der Waals surface area (Å²) in [6.45, 7) is 0. The highest BCUT2D eigenvalue weighted by atomic mass is 35.5. The van der Waals surface area contributed by atoms with Gasteiger partial charge in [0.1, 0.15) is 10.9 Å². The monoisotopic (exact) mass is 251 g/mol. The quantitative estimate of drug-likeness (QED) is 0.608. The van der Waals surface area contributed by atoms with Gasteiger partial charge in [-0.25, -0.2) is 9.78 Å². The molecule has 4 nitrogen and oxygen atoms in total. The van der Waals surface area contributed by atoms with Gasteiger partial charge in [-0.05, 0) is 18.2 Å². The van der Waals surface area contributed by atoms with E-state index in [-0.39, 0.29) is 5.15 Å². The molecule has 0 aliphatic heterocycles. The summed E-state index contributed by atoms with van der Waals surface area (Å²) < 4.78 is 9.79. The van der Waals surface area contributed by atoms with Crippen molar-refractivity contribution >= 4 is 28.5 Å². The van der Waals surface area contributed by atoms with E-state index >= 15 is 0 Å². The summed E-state index contributed by atoms with van der Waals surface area (Å²) in [7, 11) is 2.89. The van der Waals surface area contributed by atoms with E-state index in [1.807, 2.05) is 0 Å². The Balaban J connectivity index is 2.72. The molecule has 0 spiro atoms. The number of esters is 1. The Morgan fingerprint density at radius 1 is 1.29 bits per heavy atom. The molecule has 0 saturated carbocycles. The summed E-state index contributed by atoms with van der Waals surface area (Å²) in [5.41, 5.74) is 0.988. The molecule has 0 saturated heterocycles. The lowest BCUT2D eigenvalue weighted by atomic mass is 10.1. The van der Waals surface area contributed by atoms with E-state index in [1.54, 1.807) is 25.3 Å². The van der Waals surface area contributed by atoms with Crippen LogP contribution in [0.25, 0.3) is 10.9 Å². The zero-order valence-corrected chi connectivity index (χ0v) is 10.1. The number of ether oxygens (including phenoxy) is 2. The van der Waals surface area contributed by atoms with Crippen molar-refractivity contribution in [3.05, 3.63) is 35.0 Å². The minimum Gasteiger partial charge on any atom is -0.497 e. The number of nitrogens with zero attached hydrogens (tertiary/aromatic N) is 1. The topological polar surface area (TPSA) is 48.4 Å². The van der Waals surface area contributed by atoms with E-state index in [9.17, 15) is 4.79 Å². The van der Waals surface area contributed by atoms with Crippen molar-refractivity contribution < 1.29 is 14.3 Å². The van der Waals surface area contributed by atoms with Gasteiger partial charge in [0, 0.05) is 11.5 Å². The molecule has 0 bridgehead atoms. The zero-order chi connectivity index (χ0) is 12.4. The Kier molecular flexibility index (Phi) is 3.15. The Labute approximate surface area is 103 Å². The number of aromatic nitrogens is 1. The number of pyridine rings is 1. The van der Waals surface area contributed by atoms with Crippen molar-refractivity contribution in [3.63, 3.8) is 0 Å². The lowest BCUT2D eigenvalue weighted by molar-refractivity contribution is 0.0603. The number of methoxy groups -OCH3 is 2. The average molecular weight is 252 g/mol. The molecule has 1 aromatic carbocycles. The summed E-state index contributed by atoms with van der Waals surface area (Å²) in [4.78, 5) is 15.7. The second-order valence-electron chi connectivity index (χ2n) is 3.37. The normalized spacial score (nSPS) is 10.3. The van der Waals surface area contributed by atoms with Crippen molar-refractivity contribution in [3.8, 4) is 5.75 Å². The smallest absolute Gasteiger partial charge is 0.338 e. The van der Waals surface area contributed by atoms with E-state index in [0.29, 0.717) is 22.2 Å². The molecule has 88 valence electrons. The number of rotatable bonds is 2. The maximum absolute atomic E-state index is 11.6. The molecule has 0 aliphatic rings. The Hall–Kier alpha value is -1.81. The molecule has 2 rings (SSSR count). The number of benzene rings is 1. The fourth-order valence-corrected chi connectivity index (χ4v) is 1.78. The molecular weight excluding hydrogens is 242 g/mol. The van der Waals surface area contributed by atoms with Crippen LogP contribution >= 0.6 is 11.6 Å². The molecule has 1 aromatic heterocycles. The van der Waals surface area contributed by atoms with Crippen LogP contribution in [0.5, 0.6) is 5.75 Å². The van der Waals surface area contributed by atoms with Crippen molar-refractivity contribution in [2.75, 3.05) is 14.2 Å². The minimum absolute atomic E-state index is 0.242. The second-order valence-corrected chi connectivity index (χ2v) is 3.75. The van der Waals surface area contributed by atoms with Crippen LogP contribution in [0, 0.1) is 0 Å². The number of carbonyl (C=O) groups excluding carboxylic acids is 1. The van der Waals surface area contributed by atoms with Crippen LogP contribution in [0.2, 0.25) is 5.15 Å². The number of halogens is 1. The standard InChI is InChI=1S/C12H10ClNO3/c1-16-7-3-4-8-9(12(15)17-2)6-11(13)14-10(8)5-7/h3-6H,1-2H3. The maximum atomic E-state index is 11.6. The summed E-state index contributed by atoms with van der Waals surface area (Å²) in [6, 6.07) is 6.71. The number of hydrogen-bond donors (Lipinski definition) is 0. The molecule has 0 atom stereocenters. The van der Waals surface area contributed by atoms with E-state index in [0.717, 1.165) is 0 Å². The zero-order valence-electron chi connectivity index (χ0n) is 9.36. The molecule has 5 heteroatoms. The van der Waals surface area contributed by atoms with E-state index in [4.69, 9.17) is 21.1 Å². The summed E-state index contributed by atoms with van der Waals surface area (Å²) in [6.07, 6.45) is 0. The third-order valence-corrected chi connectivity index (χ3v) is 2.58. The summed E-state index contributed by atoms with van der Waals surface area (Å²) in [5.74, 6) is 0.215. The van der Waals surface area contributed by atoms with Gasteiger partial charge in [0.05, 0.1) is 25.3 Å². The Morgan fingerprint density at radius 2 is 2.06 bits per heavy atom. The predicted octanol–water partition coefficient (Wildman–Crippen LogP) is 2.68. The predicted molar refractivity (Wildman–Crippen MR) is 64.6 cm³/mol. The van der Waals surface area contributed by atoms with Crippen LogP contribution in [-0.4, -0.2) is 25.2 Å². The fraction of sp³-hybridized carbons (Fsp3) is 0.167. The van der Waals surface area contributed by atoms with Gasteiger partial charge in [0.15, 0.2) is 0 Å². The Bertz CT molecular complexity index is 583. The average Bonchev–Trinajstić information content (AvgIpc) is 2.35. The summed E-state index contributed by atoms with van der Waals surface area (Å²) >= 11 is 5.86. The van der Waals surface area contributed by atoms with Crippen LogP contribution in [0.4, 0.5) is 0 Å². The first-order valence-corrected chi connectivity index (χ1v) is 5.26. The van der Waals surface area contributed by atoms with Crippen molar-refractivity contribution in [1.82, 2.24) is 4.98 Å². The second kappa shape index (κ2) is 4.59. The van der Waals surface area contributed by atoms with Gasteiger partial charge in [-0.3, -0.25) is 0 Å². The molecule has 0 unspecified atom stereocenters. The molecule has 2 aromatic rings. The molecule has 0 fully saturated rings. The molecule has 0 aliphatic carbocycles. The Morgan fingerprint density at radius 3 is 2.71 bits per heavy atom. The van der Waals surface area contributed by atoms with Crippen molar-refractivity contribution in [2.45, 2.75) is 0 Å². The largest absolute Gasteiger partial charge is 0.497 e. The molecule has 17 heavy (non-hydrogen) atoms. The van der Waals surface area contributed by atoms with Crippen LogP contribution in [0.3, 0.4) is 0 Å². The molecule has 1 heterocycles. The minimum atomic E-state index is -0.440. The van der Waals surface area contributed by atoms with Gasteiger partial charge in [-0.2, -0.15) is 0 Å². The first kappa shape index (κ1) is 11.7. The van der Waals surface area contributed by atoms with E-state index < -0.39 is 5.97 Å². The highest BCUT2D eigenvalue weighted by molar-refractivity contribution is 6.30. The third kappa shape index (κ3) is 2.17. The van der Waals surface area contributed by atoms with Crippen molar-refractivity contribution in [2.24, 2.45) is 0 Å². The van der Waals surface area contributed by atoms with Crippen LogP contribution in [0.15, 0.2) is 24.3 Å². The highest BCUT2D eigenvalue weighted by Crippen LogP contribution is 2.25. The van der Waals surface area contributed by atoms with E-state index in [2.05, 4.69) is 4.98 Å². The summed E-state index contributed by atoms with van der Waals surface area (Å²) in [5, 5.41) is 0.924. The first-order chi connectivity index (χ1) is 8.15. The molecule has 0 N–H and O–H groups in total. The maximum Gasteiger partial charge on any atom is 0.338 e. The van der Waals surface area contributed by atoms with Crippen molar-refractivity contribution in [1.29, 1.82) is 0 Å². The highest BCUT2D eigenvalue weighted by Gasteiger charge is 2.13. The van der Waals surface area contributed by atoms with E-state index in [1.165, 1.54) is 13.2 Å². The lowest BCUT2D eigenvalue weighted by Crippen LogP contribution is -2.03. The lowest BCUT2D eigenvalue weighted by Gasteiger charge is -2.06. The van der Waals surface area contributed by atoms with Gasteiger partial charge in [0.2, 0.25) is 0 Å². The molecule has 0 radical (unpaired) electrons. The van der Waals surface area contributed by atoms with Crippen LogP contribution in [-0.2, 0) is 4.74 Å². The number of carbonyl (C=O) groups is 1. The van der Waals surface area contributed by atoms with Gasteiger partial charge in [0.25, 0.3) is 0 Å². The SMILES string of the molecule is COC(=O)c1cc(Cl)nc2cc(OC)ccc12.